The first-order chi connectivity index (χ1) is 13.6. The summed E-state index contributed by atoms with van der Waals surface area (Å²) in [5.74, 6) is -0.133. The van der Waals surface area contributed by atoms with Crippen molar-refractivity contribution < 1.29 is 14.3 Å². The summed E-state index contributed by atoms with van der Waals surface area (Å²) in [5.41, 5.74) is 2.14. The van der Waals surface area contributed by atoms with Crippen molar-refractivity contribution >= 4 is 28.3 Å². The van der Waals surface area contributed by atoms with E-state index < -0.39 is 12.0 Å². The number of rotatable bonds is 4. The van der Waals surface area contributed by atoms with E-state index in [4.69, 9.17) is 4.74 Å². The van der Waals surface area contributed by atoms with Gasteiger partial charge in [0.1, 0.15) is 5.75 Å². The van der Waals surface area contributed by atoms with Crippen LogP contribution in [0.25, 0.3) is 0 Å². The van der Waals surface area contributed by atoms with Gasteiger partial charge in [0.05, 0.1) is 19.1 Å². The minimum atomic E-state index is -0.559. The van der Waals surface area contributed by atoms with Crippen molar-refractivity contribution in [2.45, 2.75) is 12.0 Å². The monoisotopic (exact) mass is 393 g/mol. The van der Waals surface area contributed by atoms with Crippen LogP contribution in [-0.2, 0) is 4.79 Å². The second kappa shape index (κ2) is 7.44. The second-order valence-corrected chi connectivity index (χ2v) is 7.42. The van der Waals surface area contributed by atoms with E-state index >= 15 is 0 Å². The Hall–Kier alpha value is -3.19. The molecule has 3 aromatic rings. The van der Waals surface area contributed by atoms with E-state index in [1.165, 1.54) is 11.3 Å². The third kappa shape index (κ3) is 3.14. The smallest absolute Gasteiger partial charge is 0.254 e. The van der Waals surface area contributed by atoms with Crippen molar-refractivity contribution in [1.82, 2.24) is 9.88 Å². The number of nitrogens with one attached hydrogen (secondary N) is 1. The molecule has 0 saturated heterocycles. The number of hydrogen-bond donors (Lipinski definition) is 1. The summed E-state index contributed by atoms with van der Waals surface area (Å²) < 4.78 is 5.24. The van der Waals surface area contributed by atoms with Crippen LogP contribution in [0.15, 0.2) is 60.1 Å². The number of carbonyl (C=O) groups is 2. The minimum absolute atomic E-state index is 0.102. The van der Waals surface area contributed by atoms with Crippen LogP contribution in [0.5, 0.6) is 5.75 Å². The first kappa shape index (κ1) is 18.2. The Balaban J connectivity index is 1.80. The zero-order chi connectivity index (χ0) is 19.7. The summed E-state index contributed by atoms with van der Waals surface area (Å²) in [4.78, 5) is 32.0. The summed E-state index contributed by atoms with van der Waals surface area (Å²) in [6, 6.07) is 14.3. The number of amides is 2. The quantitative estimate of drug-likeness (QED) is 0.734. The van der Waals surface area contributed by atoms with Crippen molar-refractivity contribution in [1.29, 1.82) is 0 Å². The Morgan fingerprint density at radius 1 is 1.18 bits per heavy atom. The number of fused-ring (bicyclic) bond motifs is 1. The molecule has 6 nitrogen and oxygen atoms in total. The van der Waals surface area contributed by atoms with E-state index in [2.05, 4.69) is 10.3 Å². The van der Waals surface area contributed by atoms with Gasteiger partial charge in [-0.15, -0.1) is 11.3 Å². The topological polar surface area (TPSA) is 71.5 Å². The Bertz CT molecular complexity index is 1000. The molecule has 142 valence electrons. The van der Waals surface area contributed by atoms with Gasteiger partial charge in [-0.05, 0) is 29.3 Å². The first-order valence-corrected chi connectivity index (χ1v) is 9.68. The van der Waals surface area contributed by atoms with Gasteiger partial charge in [0, 0.05) is 24.2 Å². The standard InChI is InChI=1S/C21H19N3O3S/c1-24-18(13-7-9-14(27-2)10-8-13)17(19(25)23-21-22-11-12-28-21)15-5-3-4-6-16(15)20(24)26/h3-12,17-18H,1-2H3,(H,22,23,25)/t17-,18+/m1/s1. The van der Waals surface area contributed by atoms with Gasteiger partial charge in [0.25, 0.3) is 5.91 Å². The molecule has 0 radical (unpaired) electrons. The van der Waals surface area contributed by atoms with E-state index in [9.17, 15) is 9.59 Å². The maximum atomic E-state index is 13.3. The number of benzene rings is 2. The molecule has 2 heterocycles. The van der Waals surface area contributed by atoms with Gasteiger partial charge in [-0.25, -0.2) is 4.98 Å². The fourth-order valence-corrected chi connectivity index (χ4v) is 4.17. The number of anilines is 1. The number of ether oxygens (including phenoxy) is 1. The number of thiazole rings is 1. The fraction of sp³-hybridized carbons (Fsp3) is 0.190. The number of carbonyl (C=O) groups excluding carboxylic acids is 2. The SMILES string of the molecule is COc1ccc([C@H]2[C@H](C(=O)Nc3nccs3)c3ccccc3C(=O)N2C)cc1. The lowest BCUT2D eigenvalue weighted by Gasteiger charge is -2.39. The largest absolute Gasteiger partial charge is 0.497 e. The van der Waals surface area contributed by atoms with E-state index in [1.807, 2.05) is 42.5 Å². The Labute approximate surface area is 166 Å². The highest BCUT2D eigenvalue weighted by atomic mass is 32.1. The van der Waals surface area contributed by atoms with Crippen LogP contribution in [0.3, 0.4) is 0 Å². The van der Waals surface area contributed by atoms with Crippen LogP contribution in [0.4, 0.5) is 5.13 Å². The van der Waals surface area contributed by atoms with Gasteiger partial charge in [0.15, 0.2) is 5.13 Å². The molecule has 1 aliphatic heterocycles. The molecule has 28 heavy (non-hydrogen) atoms. The molecule has 7 heteroatoms. The predicted octanol–water partition coefficient (Wildman–Crippen LogP) is 3.70. The van der Waals surface area contributed by atoms with Crippen LogP contribution >= 0.6 is 11.3 Å². The van der Waals surface area contributed by atoms with Gasteiger partial charge >= 0.3 is 0 Å². The summed E-state index contributed by atoms with van der Waals surface area (Å²) in [7, 11) is 3.34. The molecular weight excluding hydrogens is 374 g/mol. The molecule has 2 aromatic carbocycles. The van der Waals surface area contributed by atoms with Gasteiger partial charge < -0.3 is 15.0 Å². The van der Waals surface area contributed by atoms with Crippen molar-refractivity contribution in [2.75, 3.05) is 19.5 Å². The number of aromatic nitrogens is 1. The molecule has 1 N–H and O–H groups in total. The highest BCUT2D eigenvalue weighted by molar-refractivity contribution is 7.13. The van der Waals surface area contributed by atoms with E-state index in [1.54, 1.807) is 36.7 Å². The highest BCUT2D eigenvalue weighted by Crippen LogP contribution is 2.42. The third-order valence-electron chi connectivity index (χ3n) is 4.98. The van der Waals surface area contributed by atoms with Crippen molar-refractivity contribution in [2.24, 2.45) is 0 Å². The predicted molar refractivity (Wildman–Crippen MR) is 108 cm³/mol. The molecule has 0 spiro atoms. The number of nitrogens with zero attached hydrogens (tertiary/aromatic N) is 2. The molecule has 1 aliphatic rings. The average molecular weight is 393 g/mol. The Kier molecular flexibility index (Phi) is 4.83. The van der Waals surface area contributed by atoms with Gasteiger partial charge in [0.2, 0.25) is 5.91 Å². The molecule has 1 aromatic heterocycles. The molecular formula is C21H19N3O3S. The second-order valence-electron chi connectivity index (χ2n) is 6.53. The number of hydrogen-bond acceptors (Lipinski definition) is 5. The number of likely N-dealkylation sites (N-methyl/N-ethyl adjacent to an activating group) is 1. The maximum absolute atomic E-state index is 13.3. The van der Waals surface area contributed by atoms with E-state index in [0.717, 1.165) is 16.9 Å². The highest BCUT2D eigenvalue weighted by Gasteiger charge is 2.42. The fourth-order valence-electron chi connectivity index (χ4n) is 3.64. The molecule has 0 fully saturated rings. The van der Waals surface area contributed by atoms with Crippen LogP contribution in [0, 0.1) is 0 Å². The molecule has 4 rings (SSSR count). The summed E-state index contributed by atoms with van der Waals surface area (Å²) in [5, 5.41) is 5.24. The van der Waals surface area contributed by atoms with Crippen LogP contribution in [0.1, 0.15) is 33.4 Å². The first-order valence-electron chi connectivity index (χ1n) is 8.80. The van der Waals surface area contributed by atoms with Crippen LogP contribution in [-0.4, -0.2) is 35.9 Å². The summed E-state index contributed by atoms with van der Waals surface area (Å²) >= 11 is 1.36. The molecule has 0 unspecified atom stereocenters. The van der Waals surface area contributed by atoms with Gasteiger partial charge in [-0.3, -0.25) is 9.59 Å². The normalized spacial score (nSPS) is 18.5. The zero-order valence-corrected chi connectivity index (χ0v) is 16.3. The average Bonchev–Trinajstić information content (AvgIpc) is 3.23. The molecule has 2 atom stereocenters. The lowest BCUT2D eigenvalue weighted by Crippen LogP contribution is -2.44. The Morgan fingerprint density at radius 2 is 1.93 bits per heavy atom. The third-order valence-corrected chi connectivity index (χ3v) is 5.67. The summed E-state index contributed by atoms with van der Waals surface area (Å²) in [6.07, 6.45) is 1.64. The zero-order valence-electron chi connectivity index (χ0n) is 15.5. The van der Waals surface area contributed by atoms with E-state index in [0.29, 0.717) is 10.7 Å². The maximum Gasteiger partial charge on any atom is 0.254 e. The number of methoxy groups -OCH3 is 1. The Morgan fingerprint density at radius 3 is 2.61 bits per heavy atom. The van der Waals surface area contributed by atoms with E-state index in [-0.39, 0.29) is 11.8 Å². The molecule has 0 aliphatic carbocycles. The lowest BCUT2D eigenvalue weighted by molar-refractivity contribution is -0.119. The summed E-state index contributed by atoms with van der Waals surface area (Å²) in [6.45, 7) is 0. The lowest BCUT2D eigenvalue weighted by atomic mass is 9.79. The molecule has 0 saturated carbocycles. The molecule has 0 bridgehead atoms. The van der Waals surface area contributed by atoms with Crippen LogP contribution in [0.2, 0.25) is 0 Å². The van der Waals surface area contributed by atoms with Crippen molar-refractivity contribution in [3.8, 4) is 5.75 Å². The minimum Gasteiger partial charge on any atom is -0.497 e. The van der Waals surface area contributed by atoms with Crippen molar-refractivity contribution in [3.05, 3.63) is 76.8 Å². The van der Waals surface area contributed by atoms with Crippen LogP contribution < -0.4 is 10.1 Å². The van der Waals surface area contributed by atoms with Gasteiger partial charge in [-0.1, -0.05) is 30.3 Å². The van der Waals surface area contributed by atoms with Crippen molar-refractivity contribution in [3.63, 3.8) is 0 Å². The molecule has 2 amide bonds. The van der Waals surface area contributed by atoms with Gasteiger partial charge in [-0.2, -0.15) is 0 Å².